The first-order valence-electron chi connectivity index (χ1n) is 8.13. The molecule has 0 N–H and O–H groups in total. The summed E-state index contributed by atoms with van der Waals surface area (Å²) in [7, 11) is 2.52. The van der Waals surface area contributed by atoms with E-state index in [1.165, 1.54) is 14.2 Å². The third kappa shape index (κ3) is 3.30. The molecule has 0 radical (unpaired) electrons. The summed E-state index contributed by atoms with van der Waals surface area (Å²) in [6.45, 7) is 4.04. The highest BCUT2D eigenvalue weighted by Gasteiger charge is 2.33. The molecule has 0 saturated carbocycles. The van der Waals surface area contributed by atoms with E-state index in [1.54, 1.807) is 11.0 Å². The molecule has 2 aliphatic rings. The Hall–Kier alpha value is -2.80. The summed E-state index contributed by atoms with van der Waals surface area (Å²) < 4.78 is 21.0. The molecular formula is C19H21NO6. The molecule has 1 aromatic rings. The molecule has 138 valence electrons. The van der Waals surface area contributed by atoms with E-state index in [9.17, 15) is 9.59 Å². The lowest BCUT2D eigenvalue weighted by Crippen LogP contribution is -2.38. The number of anilines is 1. The number of hydrogen-bond donors (Lipinski definition) is 0. The Labute approximate surface area is 151 Å². The highest BCUT2D eigenvalue weighted by molar-refractivity contribution is 6.03. The molecule has 7 heteroatoms. The van der Waals surface area contributed by atoms with Gasteiger partial charge in [-0.3, -0.25) is 0 Å². The van der Waals surface area contributed by atoms with Crippen molar-refractivity contribution in [3.8, 4) is 5.75 Å². The van der Waals surface area contributed by atoms with E-state index in [1.807, 2.05) is 38.1 Å². The average molecular weight is 359 g/mol. The number of ether oxygens (including phenoxy) is 4. The highest BCUT2D eigenvalue weighted by atomic mass is 16.5. The monoisotopic (exact) mass is 359 g/mol. The zero-order chi connectivity index (χ0) is 18.9. The molecule has 0 aromatic heterocycles. The average Bonchev–Trinajstić information content (AvgIpc) is 2.65. The SMILES string of the molecule is COC(=O)C1=C(C(=O)OC)N(c2ccc3c(c2)C=CC(C)(C)O3)COC1. The number of carbonyl (C=O) groups is 2. The number of rotatable bonds is 3. The Kier molecular flexibility index (Phi) is 4.73. The summed E-state index contributed by atoms with van der Waals surface area (Å²) in [4.78, 5) is 26.0. The molecule has 0 saturated heterocycles. The van der Waals surface area contributed by atoms with E-state index in [-0.39, 0.29) is 30.2 Å². The van der Waals surface area contributed by atoms with Crippen LogP contribution in [0.5, 0.6) is 5.75 Å². The predicted molar refractivity (Wildman–Crippen MR) is 94.5 cm³/mol. The summed E-state index contributed by atoms with van der Waals surface area (Å²) >= 11 is 0. The molecule has 0 spiro atoms. The first kappa shape index (κ1) is 18.0. The minimum absolute atomic E-state index is 0.0181. The lowest BCUT2D eigenvalue weighted by Gasteiger charge is -2.33. The first-order valence-corrected chi connectivity index (χ1v) is 8.13. The van der Waals surface area contributed by atoms with Gasteiger partial charge >= 0.3 is 11.9 Å². The predicted octanol–water partition coefficient (Wildman–Crippen LogP) is 2.27. The van der Waals surface area contributed by atoms with Gasteiger partial charge in [0, 0.05) is 11.3 Å². The Morgan fingerprint density at radius 1 is 1.15 bits per heavy atom. The maximum atomic E-state index is 12.3. The molecule has 3 rings (SSSR count). The van der Waals surface area contributed by atoms with Gasteiger partial charge in [0.2, 0.25) is 0 Å². The van der Waals surface area contributed by atoms with E-state index in [0.29, 0.717) is 5.69 Å². The van der Waals surface area contributed by atoms with Crippen LogP contribution in [0.1, 0.15) is 19.4 Å². The molecule has 0 bridgehead atoms. The molecule has 2 aliphatic heterocycles. The van der Waals surface area contributed by atoms with Crippen molar-refractivity contribution in [3.05, 3.63) is 41.1 Å². The van der Waals surface area contributed by atoms with Crippen molar-refractivity contribution in [2.75, 3.05) is 32.5 Å². The summed E-state index contributed by atoms with van der Waals surface area (Å²) in [6.07, 6.45) is 3.93. The molecule has 7 nitrogen and oxygen atoms in total. The fourth-order valence-corrected chi connectivity index (χ4v) is 2.88. The van der Waals surface area contributed by atoms with Gasteiger partial charge in [-0.15, -0.1) is 0 Å². The number of esters is 2. The fraction of sp³-hybridized carbons (Fsp3) is 0.368. The summed E-state index contributed by atoms with van der Waals surface area (Å²) in [5.74, 6) is -0.506. The summed E-state index contributed by atoms with van der Waals surface area (Å²) in [5.41, 5.74) is 1.41. The maximum absolute atomic E-state index is 12.3. The van der Waals surface area contributed by atoms with Gasteiger partial charge in [0.1, 0.15) is 23.8 Å². The van der Waals surface area contributed by atoms with Crippen LogP contribution >= 0.6 is 0 Å². The number of fused-ring (bicyclic) bond motifs is 1. The normalized spacial score (nSPS) is 18.1. The second kappa shape index (κ2) is 6.84. The topological polar surface area (TPSA) is 74.3 Å². The van der Waals surface area contributed by atoms with Crippen molar-refractivity contribution in [2.24, 2.45) is 0 Å². The fourth-order valence-electron chi connectivity index (χ4n) is 2.88. The maximum Gasteiger partial charge on any atom is 0.355 e. The first-order chi connectivity index (χ1) is 12.4. The molecule has 26 heavy (non-hydrogen) atoms. The number of methoxy groups -OCH3 is 2. The van der Waals surface area contributed by atoms with Crippen molar-refractivity contribution < 1.29 is 28.5 Å². The van der Waals surface area contributed by atoms with Crippen molar-refractivity contribution in [1.29, 1.82) is 0 Å². The zero-order valence-corrected chi connectivity index (χ0v) is 15.2. The van der Waals surface area contributed by atoms with Gasteiger partial charge in [0.25, 0.3) is 0 Å². The van der Waals surface area contributed by atoms with Crippen molar-refractivity contribution in [2.45, 2.75) is 19.4 Å². The van der Waals surface area contributed by atoms with Crippen molar-refractivity contribution >= 4 is 23.7 Å². The van der Waals surface area contributed by atoms with E-state index in [0.717, 1.165) is 11.3 Å². The van der Waals surface area contributed by atoms with Crippen LogP contribution in [0.2, 0.25) is 0 Å². The van der Waals surface area contributed by atoms with Gasteiger partial charge in [-0.25, -0.2) is 9.59 Å². The highest BCUT2D eigenvalue weighted by Crippen LogP contribution is 2.35. The van der Waals surface area contributed by atoms with Crippen molar-refractivity contribution in [1.82, 2.24) is 0 Å². The van der Waals surface area contributed by atoms with E-state index in [2.05, 4.69) is 0 Å². The number of hydrogen-bond acceptors (Lipinski definition) is 7. The zero-order valence-electron chi connectivity index (χ0n) is 15.2. The van der Waals surface area contributed by atoms with Crippen LogP contribution in [-0.4, -0.2) is 45.1 Å². The Bertz CT molecular complexity index is 808. The van der Waals surface area contributed by atoms with Crippen LogP contribution in [0.15, 0.2) is 35.5 Å². The Morgan fingerprint density at radius 3 is 2.58 bits per heavy atom. The van der Waals surface area contributed by atoms with Crippen LogP contribution in [0.4, 0.5) is 5.69 Å². The largest absolute Gasteiger partial charge is 0.483 e. The lowest BCUT2D eigenvalue weighted by atomic mass is 10.0. The molecular weight excluding hydrogens is 338 g/mol. The summed E-state index contributed by atoms with van der Waals surface area (Å²) in [5, 5.41) is 0. The van der Waals surface area contributed by atoms with Gasteiger partial charge < -0.3 is 23.8 Å². The molecule has 0 aliphatic carbocycles. The smallest absolute Gasteiger partial charge is 0.355 e. The van der Waals surface area contributed by atoms with Crippen molar-refractivity contribution in [3.63, 3.8) is 0 Å². The van der Waals surface area contributed by atoms with E-state index in [4.69, 9.17) is 18.9 Å². The van der Waals surface area contributed by atoms with Crippen LogP contribution in [0.3, 0.4) is 0 Å². The third-order valence-electron chi connectivity index (χ3n) is 4.18. The van der Waals surface area contributed by atoms with Crippen LogP contribution in [0.25, 0.3) is 6.08 Å². The van der Waals surface area contributed by atoms with Gasteiger partial charge in [-0.05, 0) is 38.1 Å². The third-order valence-corrected chi connectivity index (χ3v) is 4.18. The molecule has 0 fully saturated rings. The van der Waals surface area contributed by atoms with Crippen LogP contribution in [0, 0.1) is 0 Å². The van der Waals surface area contributed by atoms with Gasteiger partial charge in [0.05, 0.1) is 26.4 Å². The van der Waals surface area contributed by atoms with E-state index < -0.39 is 11.9 Å². The van der Waals surface area contributed by atoms with Gasteiger partial charge in [-0.2, -0.15) is 0 Å². The van der Waals surface area contributed by atoms with Gasteiger partial charge in [-0.1, -0.05) is 6.08 Å². The lowest BCUT2D eigenvalue weighted by molar-refractivity contribution is -0.140. The molecule has 1 aromatic carbocycles. The molecule has 0 unspecified atom stereocenters. The molecule has 2 heterocycles. The Balaban J connectivity index is 2.05. The minimum atomic E-state index is -0.627. The van der Waals surface area contributed by atoms with Crippen LogP contribution in [-0.2, 0) is 23.8 Å². The second-order valence-electron chi connectivity index (χ2n) is 6.48. The number of nitrogens with zero attached hydrogens (tertiary/aromatic N) is 1. The second-order valence-corrected chi connectivity index (χ2v) is 6.48. The number of benzene rings is 1. The Morgan fingerprint density at radius 2 is 1.88 bits per heavy atom. The minimum Gasteiger partial charge on any atom is -0.483 e. The van der Waals surface area contributed by atoms with E-state index >= 15 is 0 Å². The standard InChI is InChI=1S/C19H21NO6/c1-19(2)8-7-12-9-13(5-6-15(12)26-19)20-11-25-10-14(17(21)23-3)16(20)18(22)24-4/h5-9H,10-11H2,1-4H3. The quantitative estimate of drug-likeness (QED) is 0.767. The van der Waals surface area contributed by atoms with Gasteiger partial charge in [0.15, 0.2) is 0 Å². The molecule has 0 atom stereocenters. The molecule has 0 amide bonds. The van der Waals surface area contributed by atoms with Crippen LogP contribution < -0.4 is 9.64 Å². The number of carbonyl (C=O) groups excluding carboxylic acids is 2. The summed E-state index contributed by atoms with van der Waals surface area (Å²) in [6, 6.07) is 5.51.